The Morgan fingerprint density at radius 1 is 1.24 bits per heavy atom. The Labute approximate surface area is 200 Å². The van der Waals surface area contributed by atoms with Gasteiger partial charge in [0.1, 0.15) is 0 Å². The average Bonchev–Trinajstić information content (AvgIpc) is 3.07. The molecule has 2 aromatic rings. The zero-order valence-electron chi connectivity index (χ0n) is 18.1. The molecule has 1 N–H and O–H groups in total. The molecule has 1 aliphatic heterocycles. The van der Waals surface area contributed by atoms with Gasteiger partial charge in [-0.3, -0.25) is 9.69 Å². The second-order valence-corrected chi connectivity index (χ2v) is 8.28. The Hall–Kier alpha value is -3.01. The van der Waals surface area contributed by atoms with Crippen molar-refractivity contribution in [2.75, 3.05) is 34.0 Å². The first-order chi connectivity index (χ1) is 15.9. The van der Waals surface area contributed by atoms with Crippen LogP contribution in [0.1, 0.15) is 12.0 Å². The van der Waals surface area contributed by atoms with Gasteiger partial charge >= 0.3 is 5.97 Å². The minimum Gasteiger partial charge on any atom is -0.493 e. The van der Waals surface area contributed by atoms with Crippen LogP contribution in [0, 0.1) is 0 Å². The van der Waals surface area contributed by atoms with Gasteiger partial charge in [0.05, 0.1) is 22.7 Å². The van der Waals surface area contributed by atoms with E-state index in [9.17, 15) is 9.59 Å². The van der Waals surface area contributed by atoms with Gasteiger partial charge in [-0.15, -0.1) is 0 Å². The van der Waals surface area contributed by atoms with Crippen molar-refractivity contribution in [3.63, 3.8) is 0 Å². The van der Waals surface area contributed by atoms with Gasteiger partial charge in [-0.1, -0.05) is 29.8 Å². The number of hydrogen-bond acceptors (Lipinski definition) is 7. The topological polar surface area (TPSA) is 97.7 Å². The second-order valence-electron chi connectivity index (χ2n) is 6.86. The van der Waals surface area contributed by atoms with Gasteiger partial charge < -0.3 is 19.3 Å². The molecule has 1 fully saturated rings. The third-order valence-corrected chi connectivity index (χ3v) is 5.78. The van der Waals surface area contributed by atoms with E-state index < -0.39 is 12.6 Å². The summed E-state index contributed by atoms with van der Waals surface area (Å²) in [6, 6.07) is 12.6. The number of aliphatic carboxylic acids is 1. The number of carboxylic acids is 1. The van der Waals surface area contributed by atoms with E-state index in [2.05, 4.69) is 4.99 Å². The van der Waals surface area contributed by atoms with Crippen molar-refractivity contribution in [3.05, 3.63) is 58.0 Å². The smallest absolute Gasteiger partial charge is 0.341 e. The number of carbonyl (C=O) groups is 2. The Morgan fingerprint density at radius 3 is 2.67 bits per heavy atom. The van der Waals surface area contributed by atoms with Crippen LogP contribution in [-0.4, -0.2) is 61.0 Å². The van der Waals surface area contributed by atoms with Crippen molar-refractivity contribution in [1.29, 1.82) is 0 Å². The van der Waals surface area contributed by atoms with E-state index in [-0.39, 0.29) is 22.4 Å². The van der Waals surface area contributed by atoms with Crippen molar-refractivity contribution >= 4 is 52.2 Å². The predicted molar refractivity (Wildman–Crippen MR) is 128 cm³/mol. The van der Waals surface area contributed by atoms with Crippen LogP contribution in [-0.2, 0) is 14.3 Å². The molecule has 0 saturated carbocycles. The maximum Gasteiger partial charge on any atom is 0.341 e. The SMILES string of the molecule is COCCCN1C(=O)/C(=C/c2cc(Cl)c(OCC(=O)O)c(OC)c2)SC1=Nc1ccccc1. The highest BCUT2D eigenvalue weighted by Crippen LogP contribution is 2.39. The number of ether oxygens (including phenoxy) is 3. The number of hydrogen-bond donors (Lipinski definition) is 1. The van der Waals surface area contributed by atoms with Gasteiger partial charge in [-0.05, 0) is 54.1 Å². The number of carbonyl (C=O) groups excluding carboxylic acids is 1. The number of para-hydroxylation sites is 1. The summed E-state index contributed by atoms with van der Waals surface area (Å²) < 4.78 is 15.7. The van der Waals surface area contributed by atoms with Gasteiger partial charge in [0.25, 0.3) is 5.91 Å². The summed E-state index contributed by atoms with van der Waals surface area (Å²) in [5, 5.41) is 9.60. The highest BCUT2D eigenvalue weighted by atomic mass is 35.5. The van der Waals surface area contributed by atoms with Gasteiger partial charge in [0, 0.05) is 20.3 Å². The molecule has 0 spiro atoms. The summed E-state index contributed by atoms with van der Waals surface area (Å²) >= 11 is 7.57. The summed E-state index contributed by atoms with van der Waals surface area (Å²) in [5.74, 6) is -0.916. The zero-order valence-corrected chi connectivity index (χ0v) is 19.7. The van der Waals surface area contributed by atoms with Crippen LogP contribution in [0.25, 0.3) is 6.08 Å². The molecule has 2 aromatic carbocycles. The fraction of sp³-hybridized carbons (Fsp3) is 0.261. The van der Waals surface area contributed by atoms with Crippen molar-refractivity contribution in [2.45, 2.75) is 6.42 Å². The lowest BCUT2D eigenvalue weighted by Crippen LogP contribution is -2.30. The summed E-state index contributed by atoms with van der Waals surface area (Å²) in [4.78, 5) is 30.7. The van der Waals surface area contributed by atoms with Gasteiger partial charge in [-0.2, -0.15) is 0 Å². The van der Waals surface area contributed by atoms with Gasteiger partial charge in [-0.25, -0.2) is 9.79 Å². The molecule has 3 rings (SSSR count). The number of halogens is 1. The van der Waals surface area contributed by atoms with Crippen LogP contribution >= 0.6 is 23.4 Å². The van der Waals surface area contributed by atoms with E-state index in [0.717, 1.165) is 5.69 Å². The molecule has 0 unspecified atom stereocenters. The molecule has 0 atom stereocenters. The standard InChI is InChI=1S/C23H23ClN2O6S/c1-30-10-6-9-26-22(29)19(33-23(26)25-16-7-4-3-5-8-16)13-15-11-17(24)21(18(12-15)31-2)32-14-20(27)28/h3-5,7-8,11-13H,6,9-10,14H2,1-2H3,(H,27,28)/b19-13-,25-23?. The van der Waals surface area contributed by atoms with E-state index in [1.165, 1.54) is 18.9 Å². The van der Waals surface area contributed by atoms with E-state index in [1.807, 2.05) is 30.3 Å². The number of methoxy groups -OCH3 is 2. The third kappa shape index (κ3) is 6.50. The van der Waals surface area contributed by atoms with Crippen molar-refractivity contribution in [3.8, 4) is 11.5 Å². The van der Waals surface area contributed by atoms with Crippen LogP contribution < -0.4 is 9.47 Å². The number of nitrogens with zero attached hydrogens (tertiary/aromatic N) is 2. The van der Waals surface area contributed by atoms with E-state index in [4.69, 9.17) is 30.9 Å². The van der Waals surface area contributed by atoms with Crippen LogP contribution in [0.3, 0.4) is 0 Å². The first-order valence-corrected chi connectivity index (χ1v) is 11.2. The molecule has 0 aromatic heterocycles. The Morgan fingerprint density at radius 2 is 2.00 bits per heavy atom. The fourth-order valence-electron chi connectivity index (χ4n) is 3.02. The highest BCUT2D eigenvalue weighted by Gasteiger charge is 2.33. The summed E-state index contributed by atoms with van der Waals surface area (Å²) in [6.45, 7) is 0.437. The molecular formula is C23H23ClN2O6S. The Kier molecular flexibility index (Phi) is 8.76. The average molecular weight is 491 g/mol. The first-order valence-electron chi connectivity index (χ1n) is 9.99. The monoisotopic (exact) mass is 490 g/mol. The Balaban J connectivity index is 1.92. The Bertz CT molecular complexity index is 1070. The van der Waals surface area contributed by atoms with Crippen molar-refractivity contribution in [1.82, 2.24) is 4.90 Å². The lowest BCUT2D eigenvalue weighted by molar-refractivity contribution is -0.139. The highest BCUT2D eigenvalue weighted by molar-refractivity contribution is 8.18. The van der Waals surface area contributed by atoms with E-state index in [0.29, 0.717) is 35.2 Å². The summed E-state index contributed by atoms with van der Waals surface area (Å²) in [7, 11) is 3.04. The maximum absolute atomic E-state index is 13.1. The minimum absolute atomic E-state index is 0.127. The van der Waals surface area contributed by atoms with Crippen LogP contribution in [0.2, 0.25) is 5.02 Å². The molecule has 0 radical (unpaired) electrons. The normalized spacial score (nSPS) is 16.0. The zero-order chi connectivity index (χ0) is 23.8. The molecule has 1 aliphatic rings. The lowest BCUT2D eigenvalue weighted by atomic mass is 10.1. The molecule has 0 aliphatic carbocycles. The van der Waals surface area contributed by atoms with Crippen LogP contribution in [0.5, 0.6) is 11.5 Å². The molecule has 1 heterocycles. The van der Waals surface area contributed by atoms with Gasteiger partial charge in [0.2, 0.25) is 0 Å². The number of amides is 1. The maximum atomic E-state index is 13.1. The molecule has 174 valence electrons. The number of thioether (sulfide) groups is 1. The number of aliphatic imine (C=N–C) groups is 1. The van der Waals surface area contributed by atoms with Crippen LogP contribution in [0.15, 0.2) is 52.4 Å². The predicted octanol–water partition coefficient (Wildman–Crippen LogP) is 4.45. The lowest BCUT2D eigenvalue weighted by Gasteiger charge is -2.15. The number of rotatable bonds is 10. The largest absolute Gasteiger partial charge is 0.493 e. The molecular weight excluding hydrogens is 468 g/mol. The number of amidine groups is 1. The molecule has 33 heavy (non-hydrogen) atoms. The number of carboxylic acid groups (broad SMARTS) is 1. The third-order valence-electron chi connectivity index (χ3n) is 4.49. The van der Waals surface area contributed by atoms with E-state index in [1.54, 1.807) is 30.2 Å². The molecule has 1 amide bonds. The molecule has 10 heteroatoms. The summed E-state index contributed by atoms with van der Waals surface area (Å²) in [5.41, 5.74) is 1.35. The quantitative estimate of drug-likeness (QED) is 0.388. The summed E-state index contributed by atoms with van der Waals surface area (Å²) in [6.07, 6.45) is 2.36. The molecule has 0 bridgehead atoms. The second kappa shape index (κ2) is 11.7. The molecule has 1 saturated heterocycles. The van der Waals surface area contributed by atoms with Gasteiger partial charge in [0.15, 0.2) is 23.3 Å². The van der Waals surface area contributed by atoms with Crippen molar-refractivity contribution < 1.29 is 28.9 Å². The molecule has 8 nitrogen and oxygen atoms in total. The van der Waals surface area contributed by atoms with Crippen LogP contribution in [0.4, 0.5) is 5.69 Å². The van der Waals surface area contributed by atoms with E-state index >= 15 is 0 Å². The fourth-order valence-corrected chi connectivity index (χ4v) is 4.32. The number of benzene rings is 2. The first kappa shape index (κ1) is 24.6. The minimum atomic E-state index is -1.13. The van der Waals surface area contributed by atoms with Crippen molar-refractivity contribution in [2.24, 2.45) is 4.99 Å².